The second-order valence-corrected chi connectivity index (χ2v) is 4.67. The summed E-state index contributed by atoms with van der Waals surface area (Å²) in [4.78, 5) is 0. The van der Waals surface area contributed by atoms with E-state index in [4.69, 9.17) is 0 Å². The number of hydrogen-bond donors (Lipinski definition) is 1. The molecule has 0 saturated heterocycles. The molecule has 0 fully saturated rings. The lowest BCUT2D eigenvalue weighted by molar-refractivity contribution is 0.134. The molecule has 0 saturated carbocycles. The van der Waals surface area contributed by atoms with E-state index in [-0.39, 0.29) is 0 Å². The van der Waals surface area contributed by atoms with Gasteiger partial charge in [-0.15, -0.1) is 0 Å². The Morgan fingerprint density at radius 2 is 1.59 bits per heavy atom. The molecule has 17 heavy (non-hydrogen) atoms. The smallest absolute Gasteiger partial charge is 0.134 e. The summed E-state index contributed by atoms with van der Waals surface area (Å²) in [5.74, 6) is 0. The van der Waals surface area contributed by atoms with Gasteiger partial charge in [0.15, 0.2) is 0 Å². The van der Waals surface area contributed by atoms with Crippen LogP contribution in [-0.4, -0.2) is 5.11 Å². The van der Waals surface area contributed by atoms with Crippen molar-refractivity contribution in [1.82, 2.24) is 0 Å². The van der Waals surface area contributed by atoms with Crippen molar-refractivity contribution in [1.29, 1.82) is 0 Å². The Morgan fingerprint density at radius 1 is 1.00 bits per heavy atom. The van der Waals surface area contributed by atoms with Crippen LogP contribution >= 0.6 is 15.9 Å². The quantitative estimate of drug-likeness (QED) is 0.850. The van der Waals surface area contributed by atoms with Crippen LogP contribution in [0.5, 0.6) is 0 Å². The Hall–Kier alpha value is -1.38. The van der Waals surface area contributed by atoms with Gasteiger partial charge < -0.3 is 5.11 Å². The monoisotopic (exact) mass is 288 g/mol. The normalized spacial score (nSPS) is 14.0. The molecule has 1 N–H and O–H groups in total. The van der Waals surface area contributed by atoms with Crippen molar-refractivity contribution in [3.8, 4) is 0 Å². The largest absolute Gasteiger partial charge is 0.377 e. The van der Waals surface area contributed by atoms with E-state index >= 15 is 0 Å². The van der Waals surface area contributed by atoms with E-state index in [1.807, 2.05) is 54.6 Å². The molecule has 2 rings (SSSR count). The van der Waals surface area contributed by atoms with Crippen LogP contribution < -0.4 is 0 Å². The minimum Gasteiger partial charge on any atom is -0.377 e. The van der Waals surface area contributed by atoms with Crippen LogP contribution in [0, 0.1) is 0 Å². The lowest BCUT2D eigenvalue weighted by Crippen LogP contribution is -2.24. The van der Waals surface area contributed by atoms with Crippen LogP contribution in [0.25, 0.3) is 0 Å². The highest BCUT2D eigenvalue weighted by Crippen LogP contribution is 2.34. The third kappa shape index (κ3) is 2.19. The van der Waals surface area contributed by atoms with Gasteiger partial charge in [0, 0.05) is 10.0 Å². The van der Waals surface area contributed by atoms with Crippen molar-refractivity contribution in [2.45, 2.75) is 5.60 Å². The summed E-state index contributed by atoms with van der Waals surface area (Å²) in [6.07, 6.45) is 1.56. The zero-order valence-electron chi connectivity index (χ0n) is 9.31. The first-order valence-corrected chi connectivity index (χ1v) is 6.14. The van der Waals surface area contributed by atoms with Gasteiger partial charge in [-0.1, -0.05) is 77.1 Å². The number of benzene rings is 2. The number of aliphatic hydroxyl groups is 1. The van der Waals surface area contributed by atoms with E-state index in [9.17, 15) is 5.11 Å². The Morgan fingerprint density at radius 3 is 2.18 bits per heavy atom. The molecular weight excluding hydrogens is 276 g/mol. The summed E-state index contributed by atoms with van der Waals surface area (Å²) in [6, 6.07) is 17.1. The van der Waals surface area contributed by atoms with Crippen molar-refractivity contribution in [3.05, 3.63) is 82.9 Å². The first kappa shape index (κ1) is 12.1. The second-order valence-electron chi connectivity index (χ2n) is 3.82. The molecule has 0 aliphatic carbocycles. The highest BCUT2D eigenvalue weighted by Gasteiger charge is 2.29. The van der Waals surface area contributed by atoms with Crippen molar-refractivity contribution < 1.29 is 5.11 Å². The van der Waals surface area contributed by atoms with E-state index in [1.165, 1.54) is 0 Å². The first-order valence-electron chi connectivity index (χ1n) is 5.35. The standard InChI is InChI=1S/C15H13BrO/c1-2-15(17,12-8-4-3-5-9-12)13-10-6-7-11-14(13)16/h2-11,17H,1H2. The molecule has 1 nitrogen and oxygen atoms in total. The van der Waals surface area contributed by atoms with Crippen LogP contribution in [0.3, 0.4) is 0 Å². The van der Waals surface area contributed by atoms with E-state index in [0.717, 1.165) is 15.6 Å². The minimum atomic E-state index is -1.17. The van der Waals surface area contributed by atoms with Crippen LogP contribution in [0.15, 0.2) is 71.7 Å². The van der Waals surface area contributed by atoms with Gasteiger partial charge >= 0.3 is 0 Å². The van der Waals surface area contributed by atoms with Gasteiger partial charge in [0.1, 0.15) is 5.60 Å². The number of rotatable bonds is 3. The molecule has 0 radical (unpaired) electrons. The van der Waals surface area contributed by atoms with Gasteiger partial charge in [-0.05, 0) is 11.6 Å². The fourth-order valence-electron chi connectivity index (χ4n) is 1.85. The topological polar surface area (TPSA) is 20.2 Å². The van der Waals surface area contributed by atoms with Gasteiger partial charge in [0.05, 0.1) is 0 Å². The zero-order valence-corrected chi connectivity index (χ0v) is 10.9. The SMILES string of the molecule is C=CC(O)(c1ccccc1)c1ccccc1Br. The zero-order chi connectivity index (χ0) is 12.3. The molecule has 2 aromatic carbocycles. The van der Waals surface area contributed by atoms with E-state index in [0.29, 0.717) is 0 Å². The predicted octanol–water partition coefficient (Wildman–Crippen LogP) is 3.87. The summed E-state index contributed by atoms with van der Waals surface area (Å²) in [6.45, 7) is 3.76. The third-order valence-electron chi connectivity index (χ3n) is 2.79. The molecule has 0 heterocycles. The van der Waals surface area contributed by atoms with Gasteiger partial charge in [-0.2, -0.15) is 0 Å². The minimum absolute atomic E-state index is 0.793. The van der Waals surface area contributed by atoms with E-state index < -0.39 is 5.60 Å². The van der Waals surface area contributed by atoms with Crippen molar-refractivity contribution in [2.24, 2.45) is 0 Å². The van der Waals surface area contributed by atoms with Crippen LogP contribution in [0.4, 0.5) is 0 Å². The average molecular weight is 289 g/mol. The molecule has 0 spiro atoms. The predicted molar refractivity (Wildman–Crippen MR) is 73.8 cm³/mol. The lowest BCUT2D eigenvalue weighted by atomic mass is 9.86. The van der Waals surface area contributed by atoms with Crippen molar-refractivity contribution in [2.75, 3.05) is 0 Å². The Labute approximate surface area is 110 Å². The maximum Gasteiger partial charge on any atom is 0.134 e. The van der Waals surface area contributed by atoms with Gasteiger partial charge in [-0.25, -0.2) is 0 Å². The maximum absolute atomic E-state index is 10.8. The molecule has 0 aliphatic rings. The molecule has 1 atom stereocenters. The summed E-state index contributed by atoms with van der Waals surface area (Å²) >= 11 is 3.46. The summed E-state index contributed by atoms with van der Waals surface area (Å²) in [5, 5.41) is 10.8. The van der Waals surface area contributed by atoms with Gasteiger partial charge in [-0.3, -0.25) is 0 Å². The first-order chi connectivity index (χ1) is 8.18. The summed E-state index contributed by atoms with van der Waals surface area (Å²) in [5.41, 5.74) is 0.435. The summed E-state index contributed by atoms with van der Waals surface area (Å²) in [7, 11) is 0. The van der Waals surface area contributed by atoms with E-state index in [2.05, 4.69) is 22.5 Å². The molecule has 0 bridgehead atoms. The lowest BCUT2D eigenvalue weighted by Gasteiger charge is -2.26. The molecule has 0 aromatic heterocycles. The van der Waals surface area contributed by atoms with Crippen LogP contribution in [0.1, 0.15) is 11.1 Å². The molecule has 86 valence electrons. The van der Waals surface area contributed by atoms with Crippen molar-refractivity contribution >= 4 is 15.9 Å². The molecule has 0 amide bonds. The van der Waals surface area contributed by atoms with Crippen molar-refractivity contribution in [3.63, 3.8) is 0 Å². The molecule has 1 unspecified atom stereocenters. The summed E-state index contributed by atoms with van der Waals surface area (Å²) < 4.78 is 0.867. The highest BCUT2D eigenvalue weighted by molar-refractivity contribution is 9.10. The number of halogens is 1. The Balaban J connectivity index is 2.60. The van der Waals surface area contributed by atoms with Crippen LogP contribution in [-0.2, 0) is 5.60 Å². The average Bonchev–Trinajstić information content (AvgIpc) is 2.39. The molecule has 0 aliphatic heterocycles. The van der Waals surface area contributed by atoms with E-state index in [1.54, 1.807) is 6.08 Å². The highest BCUT2D eigenvalue weighted by atomic mass is 79.9. The second kappa shape index (κ2) is 4.86. The maximum atomic E-state index is 10.8. The molecule has 2 aromatic rings. The van der Waals surface area contributed by atoms with Gasteiger partial charge in [0.2, 0.25) is 0 Å². The molecule has 2 heteroatoms. The van der Waals surface area contributed by atoms with Crippen LogP contribution in [0.2, 0.25) is 0 Å². The Kier molecular flexibility index (Phi) is 3.46. The fraction of sp³-hybridized carbons (Fsp3) is 0.0667. The third-order valence-corrected chi connectivity index (χ3v) is 3.49. The molecular formula is C15H13BrO. The fourth-order valence-corrected chi connectivity index (χ4v) is 2.43. The number of hydrogen-bond acceptors (Lipinski definition) is 1. The van der Waals surface area contributed by atoms with Gasteiger partial charge in [0.25, 0.3) is 0 Å². The Bertz CT molecular complexity index is 521.